The zero-order chi connectivity index (χ0) is 9.30. The van der Waals surface area contributed by atoms with E-state index >= 15 is 0 Å². The third-order valence-corrected chi connectivity index (χ3v) is 2.32. The van der Waals surface area contributed by atoms with E-state index in [4.69, 9.17) is 0 Å². The van der Waals surface area contributed by atoms with Gasteiger partial charge in [0.2, 0.25) is 0 Å². The molecule has 0 aliphatic heterocycles. The first-order valence-electron chi connectivity index (χ1n) is 4.60. The minimum atomic E-state index is 0.575. The van der Waals surface area contributed by atoms with Crippen molar-refractivity contribution in [2.24, 2.45) is 7.05 Å². The van der Waals surface area contributed by atoms with E-state index in [-0.39, 0.29) is 0 Å². The molecule has 0 unspecified atom stereocenters. The molecule has 1 aromatic heterocycles. The van der Waals surface area contributed by atoms with Gasteiger partial charge in [-0.25, -0.2) is 4.98 Å². The lowest BCUT2D eigenvalue weighted by Crippen LogP contribution is -2.02. The molecule has 0 saturated carbocycles. The van der Waals surface area contributed by atoms with E-state index < -0.39 is 0 Å². The second-order valence-electron chi connectivity index (χ2n) is 3.56. The molecule has 12 heavy (non-hydrogen) atoms. The van der Waals surface area contributed by atoms with Gasteiger partial charge in [0.1, 0.15) is 5.82 Å². The van der Waals surface area contributed by atoms with Gasteiger partial charge in [-0.1, -0.05) is 20.8 Å². The summed E-state index contributed by atoms with van der Waals surface area (Å²) in [6.45, 7) is 8.66. The van der Waals surface area contributed by atoms with Gasteiger partial charge in [-0.3, -0.25) is 0 Å². The van der Waals surface area contributed by atoms with E-state index in [2.05, 4.69) is 44.3 Å². The van der Waals surface area contributed by atoms with Gasteiger partial charge < -0.3 is 4.57 Å². The molecular weight excluding hydrogens is 148 g/mol. The Morgan fingerprint density at radius 2 is 2.00 bits per heavy atom. The second-order valence-corrected chi connectivity index (χ2v) is 3.56. The normalized spacial score (nSPS) is 11.2. The fourth-order valence-electron chi connectivity index (χ4n) is 1.68. The van der Waals surface area contributed by atoms with Gasteiger partial charge in [0.05, 0.1) is 5.69 Å². The lowest BCUT2D eigenvalue weighted by molar-refractivity contribution is 0.716. The van der Waals surface area contributed by atoms with Gasteiger partial charge in [0, 0.05) is 12.7 Å². The van der Waals surface area contributed by atoms with Crippen LogP contribution in [0.3, 0.4) is 0 Å². The van der Waals surface area contributed by atoms with Gasteiger partial charge in [0.25, 0.3) is 0 Å². The van der Waals surface area contributed by atoms with E-state index in [1.807, 2.05) is 0 Å². The van der Waals surface area contributed by atoms with Crippen LogP contribution < -0.4 is 0 Å². The minimum absolute atomic E-state index is 0.575. The van der Waals surface area contributed by atoms with Crippen LogP contribution in [0, 0.1) is 6.92 Å². The summed E-state index contributed by atoms with van der Waals surface area (Å²) >= 11 is 0. The number of nitrogens with zero attached hydrogens (tertiary/aromatic N) is 2. The first-order chi connectivity index (χ1) is 5.57. The highest BCUT2D eigenvalue weighted by molar-refractivity contribution is 5.19. The predicted molar refractivity (Wildman–Crippen MR) is 51.4 cm³/mol. The molecule has 0 bridgehead atoms. The summed E-state index contributed by atoms with van der Waals surface area (Å²) in [6.07, 6.45) is 1.04. The lowest BCUT2D eigenvalue weighted by Gasteiger charge is -2.08. The standard InChI is InChI=1S/C10H18N2/c1-6-9-10(7(2)3)12(5)8(4)11-9/h7H,6H2,1-5H3. The van der Waals surface area contributed by atoms with E-state index in [0.29, 0.717) is 5.92 Å². The maximum absolute atomic E-state index is 4.51. The van der Waals surface area contributed by atoms with Crippen LogP contribution in [0.15, 0.2) is 0 Å². The van der Waals surface area contributed by atoms with Crippen molar-refractivity contribution in [1.82, 2.24) is 9.55 Å². The zero-order valence-electron chi connectivity index (χ0n) is 8.68. The van der Waals surface area contributed by atoms with Gasteiger partial charge in [-0.05, 0) is 19.3 Å². The van der Waals surface area contributed by atoms with Crippen molar-refractivity contribution in [2.75, 3.05) is 0 Å². The Morgan fingerprint density at radius 3 is 2.33 bits per heavy atom. The van der Waals surface area contributed by atoms with Crippen molar-refractivity contribution >= 4 is 0 Å². The minimum Gasteiger partial charge on any atom is -0.335 e. The number of hydrogen-bond acceptors (Lipinski definition) is 1. The Balaban J connectivity index is 3.21. The van der Waals surface area contributed by atoms with E-state index in [0.717, 1.165) is 12.2 Å². The SMILES string of the molecule is CCc1nc(C)n(C)c1C(C)C. The summed E-state index contributed by atoms with van der Waals surface area (Å²) in [5.41, 5.74) is 2.64. The molecule has 0 saturated heterocycles. The van der Waals surface area contributed by atoms with Crippen LogP contribution in [0.5, 0.6) is 0 Å². The molecule has 0 aliphatic carbocycles. The highest BCUT2D eigenvalue weighted by Gasteiger charge is 2.12. The Hall–Kier alpha value is -0.790. The molecule has 68 valence electrons. The molecular formula is C10H18N2. The maximum atomic E-state index is 4.51. The molecule has 0 amide bonds. The fraction of sp³-hybridized carbons (Fsp3) is 0.700. The summed E-state index contributed by atoms with van der Waals surface area (Å²) in [4.78, 5) is 4.51. The van der Waals surface area contributed by atoms with E-state index in [1.165, 1.54) is 11.4 Å². The highest BCUT2D eigenvalue weighted by atomic mass is 15.1. The monoisotopic (exact) mass is 166 g/mol. The van der Waals surface area contributed by atoms with Crippen LogP contribution >= 0.6 is 0 Å². The average molecular weight is 166 g/mol. The summed E-state index contributed by atoms with van der Waals surface area (Å²) in [5, 5.41) is 0. The van der Waals surface area contributed by atoms with Crippen molar-refractivity contribution < 1.29 is 0 Å². The van der Waals surface area contributed by atoms with Crippen molar-refractivity contribution in [1.29, 1.82) is 0 Å². The van der Waals surface area contributed by atoms with Crippen LogP contribution in [0.4, 0.5) is 0 Å². The maximum Gasteiger partial charge on any atom is 0.105 e. The van der Waals surface area contributed by atoms with Crippen LogP contribution in [0.1, 0.15) is 43.9 Å². The molecule has 1 rings (SSSR count). The molecule has 0 aromatic carbocycles. The number of imidazole rings is 1. The molecule has 2 nitrogen and oxygen atoms in total. The Bertz CT molecular complexity index is 272. The summed E-state index contributed by atoms with van der Waals surface area (Å²) in [5.74, 6) is 1.70. The third-order valence-electron chi connectivity index (χ3n) is 2.32. The average Bonchev–Trinajstić information content (AvgIpc) is 2.28. The van der Waals surface area contributed by atoms with Gasteiger partial charge in [-0.2, -0.15) is 0 Å². The first-order valence-corrected chi connectivity index (χ1v) is 4.60. The van der Waals surface area contributed by atoms with Crippen molar-refractivity contribution in [3.8, 4) is 0 Å². The second kappa shape index (κ2) is 3.30. The predicted octanol–water partition coefficient (Wildman–Crippen LogP) is 2.41. The largest absolute Gasteiger partial charge is 0.335 e. The van der Waals surface area contributed by atoms with Gasteiger partial charge in [0.15, 0.2) is 0 Å². The molecule has 0 fully saturated rings. The Labute approximate surface area is 74.6 Å². The summed E-state index contributed by atoms with van der Waals surface area (Å²) < 4.78 is 2.20. The lowest BCUT2D eigenvalue weighted by atomic mass is 10.1. The number of hydrogen-bond donors (Lipinski definition) is 0. The Kier molecular flexibility index (Phi) is 2.55. The molecule has 1 heterocycles. The molecule has 0 N–H and O–H groups in total. The van der Waals surface area contributed by atoms with Gasteiger partial charge in [-0.15, -0.1) is 0 Å². The molecule has 2 heteroatoms. The first kappa shape index (κ1) is 9.30. The Morgan fingerprint density at radius 1 is 1.42 bits per heavy atom. The van der Waals surface area contributed by atoms with E-state index in [9.17, 15) is 0 Å². The highest BCUT2D eigenvalue weighted by Crippen LogP contribution is 2.19. The van der Waals surface area contributed by atoms with E-state index in [1.54, 1.807) is 0 Å². The van der Waals surface area contributed by atoms with Crippen molar-refractivity contribution in [2.45, 2.75) is 40.0 Å². The van der Waals surface area contributed by atoms with Crippen LogP contribution in [-0.2, 0) is 13.5 Å². The summed E-state index contributed by atoms with van der Waals surface area (Å²) in [6, 6.07) is 0. The van der Waals surface area contributed by atoms with Crippen LogP contribution in [0.2, 0.25) is 0 Å². The topological polar surface area (TPSA) is 17.8 Å². The fourth-order valence-corrected chi connectivity index (χ4v) is 1.68. The number of aryl methyl sites for hydroxylation is 2. The molecule has 1 aromatic rings. The molecule has 0 atom stereocenters. The van der Waals surface area contributed by atoms with Gasteiger partial charge >= 0.3 is 0 Å². The van der Waals surface area contributed by atoms with Crippen LogP contribution in [-0.4, -0.2) is 9.55 Å². The third kappa shape index (κ3) is 1.38. The van der Waals surface area contributed by atoms with Crippen molar-refractivity contribution in [3.05, 3.63) is 17.2 Å². The number of rotatable bonds is 2. The molecule has 0 aliphatic rings. The molecule has 0 radical (unpaired) electrons. The smallest absolute Gasteiger partial charge is 0.105 e. The van der Waals surface area contributed by atoms with Crippen LogP contribution in [0.25, 0.3) is 0 Å². The van der Waals surface area contributed by atoms with Crippen molar-refractivity contribution in [3.63, 3.8) is 0 Å². The summed E-state index contributed by atoms with van der Waals surface area (Å²) in [7, 11) is 2.09. The zero-order valence-corrected chi connectivity index (χ0v) is 8.68. The number of aromatic nitrogens is 2. The molecule has 0 spiro atoms. The quantitative estimate of drug-likeness (QED) is 0.659.